The van der Waals surface area contributed by atoms with E-state index in [0.717, 1.165) is 27.8 Å². The third-order valence-corrected chi connectivity index (χ3v) is 3.93. The second kappa shape index (κ2) is 4.72. The number of hydrogen-bond donors (Lipinski definition) is 1. The number of benzene rings is 1. The minimum atomic E-state index is 0.605. The van der Waals surface area contributed by atoms with Crippen LogP contribution in [0.2, 0.25) is 0 Å². The fourth-order valence-electron chi connectivity index (χ4n) is 2.21. The van der Waals surface area contributed by atoms with Gasteiger partial charge in [0.2, 0.25) is 0 Å². The molecule has 0 radical (unpaired) electrons. The molecule has 1 aromatic carbocycles. The summed E-state index contributed by atoms with van der Waals surface area (Å²) in [6.07, 6.45) is 4.05. The second-order valence-electron chi connectivity index (χ2n) is 4.54. The van der Waals surface area contributed by atoms with E-state index in [2.05, 4.69) is 10.3 Å². The molecule has 0 saturated heterocycles. The first-order valence-electron chi connectivity index (χ1n) is 6.43. The highest BCUT2D eigenvalue weighted by molar-refractivity contribution is 7.15. The number of thiazole rings is 1. The molecule has 0 unspecified atom stereocenters. The summed E-state index contributed by atoms with van der Waals surface area (Å²) < 4.78 is 13.1. The molecule has 0 atom stereocenters. The van der Waals surface area contributed by atoms with E-state index < -0.39 is 0 Å². The Morgan fingerprint density at radius 2 is 2.15 bits per heavy atom. The molecule has 0 amide bonds. The lowest BCUT2D eigenvalue weighted by Gasteiger charge is -2.19. The first kappa shape index (κ1) is 11.6. The van der Waals surface area contributed by atoms with Crippen LogP contribution in [0.25, 0.3) is 4.96 Å². The lowest BCUT2D eigenvalue weighted by Crippen LogP contribution is -2.15. The van der Waals surface area contributed by atoms with E-state index in [1.54, 1.807) is 11.3 Å². The van der Waals surface area contributed by atoms with Gasteiger partial charge in [-0.2, -0.15) is 0 Å². The molecule has 20 heavy (non-hydrogen) atoms. The van der Waals surface area contributed by atoms with Crippen LogP contribution in [0.5, 0.6) is 11.5 Å². The lowest BCUT2D eigenvalue weighted by atomic mass is 10.2. The number of aromatic nitrogens is 2. The summed E-state index contributed by atoms with van der Waals surface area (Å²) in [5, 5.41) is 5.38. The molecule has 0 aliphatic carbocycles. The van der Waals surface area contributed by atoms with Crippen molar-refractivity contribution in [3.8, 4) is 11.5 Å². The molecule has 5 nitrogen and oxygen atoms in total. The molecular weight excluding hydrogens is 274 g/mol. The molecular formula is C14H13N3O2S. The number of nitrogens with zero attached hydrogens (tertiary/aromatic N) is 2. The highest BCUT2D eigenvalue weighted by atomic mass is 32.1. The predicted octanol–water partition coefficient (Wildman–Crippen LogP) is 2.78. The van der Waals surface area contributed by atoms with Crippen molar-refractivity contribution >= 4 is 22.0 Å². The number of fused-ring (bicyclic) bond motifs is 2. The fraction of sp³-hybridized carbons (Fsp3) is 0.214. The van der Waals surface area contributed by atoms with Crippen molar-refractivity contribution in [3.63, 3.8) is 0 Å². The summed E-state index contributed by atoms with van der Waals surface area (Å²) in [5.74, 6) is 1.61. The van der Waals surface area contributed by atoms with Gasteiger partial charge in [-0.15, -0.1) is 11.3 Å². The molecule has 2 aromatic heterocycles. The molecule has 0 fully saturated rings. The molecule has 1 N–H and O–H groups in total. The first-order valence-corrected chi connectivity index (χ1v) is 7.31. The molecule has 1 aliphatic rings. The SMILES string of the molecule is c1cn2cc(CNc3ccc4c(c3)OCCO4)nc2s1. The third-order valence-electron chi connectivity index (χ3n) is 3.16. The summed E-state index contributed by atoms with van der Waals surface area (Å²) in [4.78, 5) is 5.56. The van der Waals surface area contributed by atoms with E-state index in [4.69, 9.17) is 9.47 Å². The smallest absolute Gasteiger partial charge is 0.193 e. The Hall–Kier alpha value is -2.21. The number of hydrogen-bond acceptors (Lipinski definition) is 5. The van der Waals surface area contributed by atoms with E-state index in [0.29, 0.717) is 19.8 Å². The van der Waals surface area contributed by atoms with Crippen LogP contribution in [0.3, 0.4) is 0 Å². The molecule has 0 bridgehead atoms. The van der Waals surface area contributed by atoms with Crippen LogP contribution in [0.15, 0.2) is 36.0 Å². The number of imidazole rings is 1. The normalized spacial score (nSPS) is 13.6. The Labute approximate surface area is 119 Å². The van der Waals surface area contributed by atoms with Crippen LogP contribution >= 0.6 is 11.3 Å². The van der Waals surface area contributed by atoms with Gasteiger partial charge in [-0.05, 0) is 12.1 Å². The van der Waals surface area contributed by atoms with Crippen molar-refractivity contribution in [1.82, 2.24) is 9.38 Å². The zero-order chi connectivity index (χ0) is 13.4. The minimum Gasteiger partial charge on any atom is -0.486 e. The summed E-state index contributed by atoms with van der Waals surface area (Å²) in [7, 11) is 0. The maximum absolute atomic E-state index is 5.57. The Balaban J connectivity index is 1.50. The van der Waals surface area contributed by atoms with Crippen LogP contribution in [0.4, 0.5) is 5.69 Å². The zero-order valence-corrected chi connectivity index (χ0v) is 11.5. The van der Waals surface area contributed by atoms with Crippen LogP contribution in [-0.2, 0) is 6.54 Å². The Kier molecular flexibility index (Phi) is 2.74. The van der Waals surface area contributed by atoms with Crippen LogP contribution in [-0.4, -0.2) is 22.6 Å². The summed E-state index contributed by atoms with van der Waals surface area (Å²) in [6, 6.07) is 5.89. The van der Waals surface area contributed by atoms with Gasteiger partial charge in [0.15, 0.2) is 16.5 Å². The average molecular weight is 287 g/mol. The van der Waals surface area contributed by atoms with Gasteiger partial charge in [-0.25, -0.2) is 4.98 Å². The van der Waals surface area contributed by atoms with Gasteiger partial charge in [0.1, 0.15) is 13.2 Å². The number of anilines is 1. The molecule has 3 heterocycles. The van der Waals surface area contributed by atoms with Crippen LogP contribution in [0.1, 0.15) is 5.69 Å². The van der Waals surface area contributed by atoms with E-state index in [-0.39, 0.29) is 0 Å². The van der Waals surface area contributed by atoms with E-state index >= 15 is 0 Å². The van der Waals surface area contributed by atoms with Gasteiger partial charge < -0.3 is 14.8 Å². The molecule has 0 saturated carbocycles. The molecule has 102 valence electrons. The van der Waals surface area contributed by atoms with Gasteiger partial charge in [-0.1, -0.05) is 0 Å². The number of nitrogens with one attached hydrogen (secondary N) is 1. The first-order chi connectivity index (χ1) is 9.88. The quantitative estimate of drug-likeness (QED) is 0.804. The average Bonchev–Trinajstić information content (AvgIpc) is 3.06. The van der Waals surface area contributed by atoms with Gasteiger partial charge in [0, 0.05) is 29.5 Å². The van der Waals surface area contributed by atoms with Crippen molar-refractivity contribution < 1.29 is 9.47 Å². The van der Waals surface area contributed by atoms with Crippen molar-refractivity contribution in [2.45, 2.75) is 6.54 Å². The predicted molar refractivity (Wildman–Crippen MR) is 77.8 cm³/mol. The van der Waals surface area contributed by atoms with Gasteiger partial charge in [0.25, 0.3) is 0 Å². The lowest BCUT2D eigenvalue weighted by molar-refractivity contribution is 0.171. The second-order valence-corrected chi connectivity index (χ2v) is 5.41. The molecule has 4 rings (SSSR count). The monoisotopic (exact) mass is 287 g/mol. The minimum absolute atomic E-state index is 0.605. The standard InChI is InChI=1S/C14H13N3O2S/c1-2-12-13(19-5-4-18-12)7-10(1)15-8-11-9-17-3-6-20-14(17)16-11/h1-3,6-7,9,15H,4-5,8H2. The fourth-order valence-corrected chi connectivity index (χ4v) is 2.93. The topological polar surface area (TPSA) is 47.8 Å². The van der Waals surface area contributed by atoms with Crippen LogP contribution in [0, 0.1) is 0 Å². The summed E-state index contributed by atoms with van der Waals surface area (Å²) in [6.45, 7) is 1.91. The van der Waals surface area contributed by atoms with Crippen molar-refractivity contribution in [2.24, 2.45) is 0 Å². The Bertz CT molecular complexity index is 721. The van der Waals surface area contributed by atoms with E-state index in [9.17, 15) is 0 Å². The highest BCUT2D eigenvalue weighted by Gasteiger charge is 2.11. The van der Waals surface area contributed by atoms with Gasteiger partial charge >= 0.3 is 0 Å². The number of ether oxygens (including phenoxy) is 2. The molecule has 0 spiro atoms. The molecule has 3 aromatic rings. The highest BCUT2D eigenvalue weighted by Crippen LogP contribution is 2.32. The Morgan fingerprint density at radius 3 is 3.05 bits per heavy atom. The summed E-state index contributed by atoms with van der Waals surface area (Å²) in [5.41, 5.74) is 2.03. The van der Waals surface area contributed by atoms with Crippen LogP contribution < -0.4 is 14.8 Å². The van der Waals surface area contributed by atoms with E-state index in [1.807, 2.05) is 40.4 Å². The third kappa shape index (κ3) is 2.08. The summed E-state index contributed by atoms with van der Waals surface area (Å²) >= 11 is 1.64. The number of rotatable bonds is 3. The zero-order valence-electron chi connectivity index (χ0n) is 10.7. The van der Waals surface area contributed by atoms with Gasteiger partial charge in [0.05, 0.1) is 12.2 Å². The van der Waals surface area contributed by atoms with Crippen molar-refractivity contribution in [2.75, 3.05) is 18.5 Å². The van der Waals surface area contributed by atoms with Crippen molar-refractivity contribution in [1.29, 1.82) is 0 Å². The maximum Gasteiger partial charge on any atom is 0.193 e. The maximum atomic E-state index is 5.57. The van der Waals surface area contributed by atoms with E-state index in [1.165, 1.54) is 0 Å². The van der Waals surface area contributed by atoms with Gasteiger partial charge in [-0.3, -0.25) is 4.40 Å². The van der Waals surface area contributed by atoms with Crippen molar-refractivity contribution in [3.05, 3.63) is 41.7 Å². The molecule has 1 aliphatic heterocycles. The Morgan fingerprint density at radius 1 is 1.25 bits per heavy atom. The molecule has 6 heteroatoms. The largest absolute Gasteiger partial charge is 0.486 e.